The Balaban J connectivity index is 2.34. The number of benzene rings is 2. The molecule has 0 saturated carbocycles. The van der Waals surface area contributed by atoms with Gasteiger partial charge in [-0.15, -0.1) is 0 Å². The quantitative estimate of drug-likeness (QED) is 0.909. The molecule has 1 N–H and O–H groups in total. The molecule has 21 heavy (non-hydrogen) atoms. The number of ether oxygens (including phenoxy) is 1. The monoisotopic (exact) mass is 295 g/mol. The van der Waals surface area contributed by atoms with Crippen molar-refractivity contribution in [3.63, 3.8) is 0 Å². The Morgan fingerprint density at radius 3 is 2.43 bits per heavy atom. The van der Waals surface area contributed by atoms with Crippen LogP contribution in [0.2, 0.25) is 0 Å². The summed E-state index contributed by atoms with van der Waals surface area (Å²) in [5, 5.41) is 2.98. The van der Waals surface area contributed by atoms with E-state index in [1.165, 1.54) is 19.2 Å². The van der Waals surface area contributed by atoms with Crippen molar-refractivity contribution in [3.05, 3.63) is 65.0 Å². The Kier molecular flexibility index (Phi) is 4.85. The van der Waals surface area contributed by atoms with Gasteiger partial charge in [0.15, 0.2) is 11.6 Å². The second kappa shape index (κ2) is 6.63. The zero-order valence-electron chi connectivity index (χ0n) is 11.8. The van der Waals surface area contributed by atoms with E-state index in [9.17, 15) is 13.2 Å². The largest absolute Gasteiger partial charge is 0.496 e. The van der Waals surface area contributed by atoms with Crippen molar-refractivity contribution >= 4 is 0 Å². The maximum Gasteiger partial charge on any atom is 0.159 e. The Morgan fingerprint density at radius 2 is 1.81 bits per heavy atom. The van der Waals surface area contributed by atoms with Crippen LogP contribution in [0.3, 0.4) is 0 Å². The summed E-state index contributed by atoms with van der Waals surface area (Å²) in [5.74, 6) is -1.81. The highest BCUT2D eigenvalue weighted by atomic mass is 19.2. The molecule has 0 aliphatic carbocycles. The molecule has 0 amide bonds. The molecular weight excluding hydrogens is 279 g/mol. The Labute approximate surface area is 121 Å². The van der Waals surface area contributed by atoms with Crippen LogP contribution in [0.5, 0.6) is 5.75 Å². The first-order valence-corrected chi connectivity index (χ1v) is 6.50. The molecule has 5 heteroatoms. The minimum atomic E-state index is -0.914. The number of halogens is 3. The first-order chi connectivity index (χ1) is 10.1. The molecule has 0 spiro atoms. The van der Waals surface area contributed by atoms with E-state index < -0.39 is 23.5 Å². The van der Waals surface area contributed by atoms with Crippen molar-refractivity contribution < 1.29 is 17.9 Å². The van der Waals surface area contributed by atoms with Gasteiger partial charge >= 0.3 is 0 Å². The summed E-state index contributed by atoms with van der Waals surface area (Å²) in [6.07, 6.45) is 0.311. The molecule has 1 atom stereocenters. The molecule has 0 radical (unpaired) electrons. The number of likely N-dealkylation sites (N-methyl/N-ethyl adjacent to an activating group) is 1. The van der Waals surface area contributed by atoms with Crippen LogP contribution in [0, 0.1) is 17.5 Å². The summed E-state index contributed by atoms with van der Waals surface area (Å²) < 4.78 is 45.5. The van der Waals surface area contributed by atoms with Crippen molar-refractivity contribution in [1.29, 1.82) is 0 Å². The van der Waals surface area contributed by atoms with Crippen molar-refractivity contribution in [2.45, 2.75) is 12.5 Å². The average molecular weight is 295 g/mol. The maximum atomic E-state index is 14.1. The second-order valence-electron chi connectivity index (χ2n) is 4.65. The van der Waals surface area contributed by atoms with Gasteiger partial charge in [-0.05, 0) is 43.3 Å². The topological polar surface area (TPSA) is 21.3 Å². The summed E-state index contributed by atoms with van der Waals surface area (Å²) in [6, 6.07) is 7.81. The van der Waals surface area contributed by atoms with Gasteiger partial charge in [-0.25, -0.2) is 13.2 Å². The summed E-state index contributed by atoms with van der Waals surface area (Å²) in [4.78, 5) is 0. The molecule has 0 aliphatic heterocycles. The standard InChI is InChI=1S/C16H16F3NO/c1-20-14(9-10-6-7-11(17)13(19)8-10)16-12(18)4-3-5-15(16)21-2/h3-8,14,20H,9H2,1-2H3. The van der Waals surface area contributed by atoms with Gasteiger partial charge in [-0.3, -0.25) is 0 Å². The summed E-state index contributed by atoms with van der Waals surface area (Å²) in [6.45, 7) is 0. The minimum Gasteiger partial charge on any atom is -0.496 e. The van der Waals surface area contributed by atoms with Crippen LogP contribution in [0.25, 0.3) is 0 Å². The zero-order valence-corrected chi connectivity index (χ0v) is 11.8. The lowest BCUT2D eigenvalue weighted by atomic mass is 9.97. The lowest BCUT2D eigenvalue weighted by molar-refractivity contribution is 0.393. The number of methoxy groups -OCH3 is 1. The molecule has 0 aliphatic rings. The van der Waals surface area contributed by atoms with Crippen molar-refractivity contribution in [1.82, 2.24) is 5.32 Å². The van der Waals surface area contributed by atoms with Crippen LogP contribution in [-0.4, -0.2) is 14.2 Å². The predicted molar refractivity (Wildman–Crippen MR) is 74.8 cm³/mol. The average Bonchev–Trinajstić information content (AvgIpc) is 2.48. The predicted octanol–water partition coefficient (Wildman–Crippen LogP) is 3.62. The molecule has 2 nitrogen and oxygen atoms in total. The molecule has 0 bridgehead atoms. The van der Waals surface area contributed by atoms with Gasteiger partial charge in [0, 0.05) is 11.6 Å². The third-order valence-electron chi connectivity index (χ3n) is 3.35. The molecule has 2 aromatic rings. The van der Waals surface area contributed by atoms with Crippen molar-refractivity contribution in [2.24, 2.45) is 0 Å². The van der Waals surface area contributed by atoms with Gasteiger partial charge in [-0.2, -0.15) is 0 Å². The normalized spacial score (nSPS) is 12.2. The molecule has 2 aromatic carbocycles. The fraction of sp³-hybridized carbons (Fsp3) is 0.250. The maximum absolute atomic E-state index is 14.1. The van der Waals surface area contributed by atoms with E-state index >= 15 is 0 Å². The van der Waals surface area contributed by atoms with Crippen LogP contribution in [-0.2, 0) is 6.42 Å². The smallest absolute Gasteiger partial charge is 0.159 e. The molecule has 0 heterocycles. The van der Waals surface area contributed by atoms with Crippen molar-refractivity contribution in [3.8, 4) is 5.75 Å². The third-order valence-corrected chi connectivity index (χ3v) is 3.35. The number of nitrogens with one attached hydrogen (secondary N) is 1. The fourth-order valence-electron chi connectivity index (χ4n) is 2.28. The van der Waals surface area contributed by atoms with Crippen LogP contribution < -0.4 is 10.1 Å². The third kappa shape index (κ3) is 3.36. The second-order valence-corrected chi connectivity index (χ2v) is 4.65. The Hall–Kier alpha value is -2.01. The van der Waals surface area contributed by atoms with Gasteiger partial charge in [0.05, 0.1) is 7.11 Å². The van der Waals surface area contributed by atoms with Gasteiger partial charge in [0.2, 0.25) is 0 Å². The Morgan fingerprint density at radius 1 is 1.05 bits per heavy atom. The van der Waals surface area contributed by atoms with Gasteiger partial charge in [-0.1, -0.05) is 12.1 Å². The summed E-state index contributed by atoms with van der Waals surface area (Å²) in [7, 11) is 3.14. The van der Waals surface area contributed by atoms with E-state index in [-0.39, 0.29) is 0 Å². The van der Waals surface area contributed by atoms with Crippen LogP contribution in [0.1, 0.15) is 17.2 Å². The first kappa shape index (κ1) is 15.4. The molecule has 0 aromatic heterocycles. The fourth-order valence-corrected chi connectivity index (χ4v) is 2.28. The van der Waals surface area contributed by atoms with E-state index in [1.54, 1.807) is 19.2 Å². The Bertz CT molecular complexity index is 631. The lowest BCUT2D eigenvalue weighted by Crippen LogP contribution is -2.21. The molecule has 1 unspecified atom stereocenters. The van der Waals surface area contributed by atoms with Gasteiger partial charge in [0.25, 0.3) is 0 Å². The minimum absolute atomic E-state index is 0.311. The number of rotatable bonds is 5. The highest BCUT2D eigenvalue weighted by molar-refractivity contribution is 5.38. The molecule has 0 saturated heterocycles. The molecule has 0 fully saturated rings. The molecule has 112 valence electrons. The SMILES string of the molecule is CNC(Cc1ccc(F)c(F)c1)c1c(F)cccc1OC. The van der Waals surface area contributed by atoms with Crippen LogP contribution in [0.15, 0.2) is 36.4 Å². The van der Waals surface area contributed by atoms with E-state index in [0.717, 1.165) is 12.1 Å². The molecular formula is C16H16F3NO. The van der Waals surface area contributed by atoms with Gasteiger partial charge in [0.1, 0.15) is 11.6 Å². The van der Waals surface area contributed by atoms with Crippen molar-refractivity contribution in [2.75, 3.05) is 14.2 Å². The van der Waals surface area contributed by atoms with E-state index in [0.29, 0.717) is 23.3 Å². The van der Waals surface area contributed by atoms with Crippen LogP contribution >= 0.6 is 0 Å². The first-order valence-electron chi connectivity index (χ1n) is 6.50. The van der Waals surface area contributed by atoms with E-state index in [2.05, 4.69) is 5.32 Å². The molecule has 2 rings (SSSR count). The lowest BCUT2D eigenvalue weighted by Gasteiger charge is -2.20. The summed E-state index contributed by atoms with van der Waals surface area (Å²) in [5.41, 5.74) is 0.936. The van der Waals surface area contributed by atoms with Crippen LogP contribution in [0.4, 0.5) is 13.2 Å². The summed E-state index contributed by atoms with van der Waals surface area (Å²) >= 11 is 0. The van der Waals surface area contributed by atoms with E-state index in [4.69, 9.17) is 4.74 Å². The highest BCUT2D eigenvalue weighted by Crippen LogP contribution is 2.30. The van der Waals surface area contributed by atoms with Gasteiger partial charge < -0.3 is 10.1 Å². The highest BCUT2D eigenvalue weighted by Gasteiger charge is 2.20. The number of hydrogen-bond donors (Lipinski definition) is 1. The van der Waals surface area contributed by atoms with E-state index in [1.807, 2.05) is 0 Å². The zero-order chi connectivity index (χ0) is 15.4. The number of hydrogen-bond acceptors (Lipinski definition) is 2.